The second kappa shape index (κ2) is 2.96. The minimum Gasteiger partial charge on any atom is -0.254 e. The zero-order valence-corrected chi connectivity index (χ0v) is 7.81. The average Bonchev–Trinajstić information content (AvgIpc) is 2.04. The number of halogens is 1. The highest BCUT2D eigenvalue weighted by atomic mass is 35.5. The summed E-state index contributed by atoms with van der Waals surface area (Å²) >= 11 is 10.1. The molecule has 2 aromatic rings. The molecule has 0 atom stereocenters. The van der Waals surface area contributed by atoms with E-state index in [1.165, 1.54) is 0 Å². The summed E-state index contributed by atoms with van der Waals surface area (Å²) in [5, 5.41) is 1.70. The van der Waals surface area contributed by atoms with Gasteiger partial charge >= 0.3 is 0 Å². The molecule has 0 bridgehead atoms. The van der Waals surface area contributed by atoms with Crippen molar-refractivity contribution in [3.8, 4) is 0 Å². The lowest BCUT2D eigenvalue weighted by molar-refractivity contribution is 1.31. The highest BCUT2D eigenvalue weighted by Crippen LogP contribution is 2.22. The van der Waals surface area contributed by atoms with Gasteiger partial charge in [-0.1, -0.05) is 23.7 Å². The van der Waals surface area contributed by atoms with Crippen molar-refractivity contribution in [3.63, 3.8) is 0 Å². The molecule has 1 nitrogen and oxygen atoms in total. The standard InChI is InChI=1S/C9H6ClNS/c10-8-3-1-2-6-4-7(12)5-11-9(6)8/h1-5,12H. The Kier molecular flexibility index (Phi) is 1.95. The van der Waals surface area contributed by atoms with Crippen LogP contribution in [0.5, 0.6) is 0 Å². The van der Waals surface area contributed by atoms with Crippen LogP contribution in [0.2, 0.25) is 5.02 Å². The predicted molar refractivity (Wildman–Crippen MR) is 54.0 cm³/mol. The maximum absolute atomic E-state index is 5.92. The maximum Gasteiger partial charge on any atom is 0.0888 e. The van der Waals surface area contributed by atoms with Gasteiger partial charge in [0.1, 0.15) is 0 Å². The van der Waals surface area contributed by atoms with Crippen LogP contribution in [-0.4, -0.2) is 4.98 Å². The van der Waals surface area contributed by atoms with Crippen molar-refractivity contribution in [1.82, 2.24) is 4.98 Å². The summed E-state index contributed by atoms with van der Waals surface area (Å²) in [4.78, 5) is 5.02. The van der Waals surface area contributed by atoms with Crippen LogP contribution in [0, 0.1) is 0 Å². The van der Waals surface area contributed by atoms with Crippen LogP contribution in [0.15, 0.2) is 35.4 Å². The van der Waals surface area contributed by atoms with Crippen LogP contribution in [-0.2, 0) is 0 Å². The molecule has 0 spiro atoms. The first-order valence-corrected chi connectivity index (χ1v) is 4.33. The summed E-state index contributed by atoms with van der Waals surface area (Å²) in [7, 11) is 0. The molecule has 0 radical (unpaired) electrons. The first-order valence-electron chi connectivity index (χ1n) is 3.50. The largest absolute Gasteiger partial charge is 0.254 e. The highest BCUT2D eigenvalue weighted by Gasteiger charge is 1.98. The van der Waals surface area contributed by atoms with E-state index < -0.39 is 0 Å². The Labute approximate surface area is 80.8 Å². The second-order valence-electron chi connectivity index (χ2n) is 2.51. The number of hydrogen-bond acceptors (Lipinski definition) is 2. The smallest absolute Gasteiger partial charge is 0.0888 e. The van der Waals surface area contributed by atoms with Crippen molar-refractivity contribution in [3.05, 3.63) is 35.5 Å². The summed E-state index contributed by atoms with van der Waals surface area (Å²) in [6.45, 7) is 0. The van der Waals surface area contributed by atoms with Crippen molar-refractivity contribution in [1.29, 1.82) is 0 Å². The number of fused-ring (bicyclic) bond motifs is 1. The molecule has 60 valence electrons. The van der Waals surface area contributed by atoms with E-state index in [0.29, 0.717) is 5.02 Å². The van der Waals surface area contributed by atoms with Crippen LogP contribution in [0.3, 0.4) is 0 Å². The first kappa shape index (κ1) is 7.90. The lowest BCUT2D eigenvalue weighted by Crippen LogP contribution is -1.79. The number of nitrogens with zero attached hydrogens (tertiary/aromatic N) is 1. The van der Waals surface area contributed by atoms with E-state index in [1.54, 1.807) is 6.20 Å². The van der Waals surface area contributed by atoms with Crippen molar-refractivity contribution < 1.29 is 0 Å². The van der Waals surface area contributed by atoms with Gasteiger partial charge in [0.2, 0.25) is 0 Å². The zero-order valence-electron chi connectivity index (χ0n) is 6.16. The lowest BCUT2D eigenvalue weighted by Gasteiger charge is -1.98. The van der Waals surface area contributed by atoms with Crippen LogP contribution < -0.4 is 0 Å². The fraction of sp³-hybridized carbons (Fsp3) is 0. The fourth-order valence-electron chi connectivity index (χ4n) is 1.11. The third-order valence-corrected chi connectivity index (χ3v) is 2.20. The van der Waals surface area contributed by atoms with Gasteiger partial charge in [0, 0.05) is 16.5 Å². The Morgan fingerprint density at radius 2 is 2.17 bits per heavy atom. The molecule has 0 fully saturated rings. The Bertz CT molecular complexity index is 428. The number of hydrogen-bond donors (Lipinski definition) is 1. The van der Waals surface area contributed by atoms with Gasteiger partial charge in [-0.15, -0.1) is 12.6 Å². The molecule has 12 heavy (non-hydrogen) atoms. The van der Waals surface area contributed by atoms with Crippen molar-refractivity contribution in [2.24, 2.45) is 0 Å². The molecule has 0 aliphatic heterocycles. The van der Waals surface area contributed by atoms with E-state index in [9.17, 15) is 0 Å². The number of rotatable bonds is 0. The zero-order chi connectivity index (χ0) is 8.55. The molecule has 0 saturated heterocycles. The van der Waals surface area contributed by atoms with Crippen molar-refractivity contribution in [2.45, 2.75) is 4.90 Å². The van der Waals surface area contributed by atoms with E-state index in [4.69, 9.17) is 11.6 Å². The van der Waals surface area contributed by atoms with Gasteiger partial charge in [-0.3, -0.25) is 4.98 Å². The molecule has 0 aliphatic carbocycles. The summed E-state index contributed by atoms with van der Waals surface area (Å²) in [6.07, 6.45) is 1.69. The Morgan fingerprint density at radius 3 is 3.00 bits per heavy atom. The summed E-state index contributed by atoms with van der Waals surface area (Å²) in [6, 6.07) is 7.64. The van der Waals surface area contributed by atoms with Gasteiger partial charge in [0.15, 0.2) is 0 Å². The van der Waals surface area contributed by atoms with Gasteiger partial charge in [-0.2, -0.15) is 0 Å². The molecular weight excluding hydrogens is 190 g/mol. The van der Waals surface area contributed by atoms with Gasteiger partial charge in [0.05, 0.1) is 10.5 Å². The van der Waals surface area contributed by atoms with Crippen LogP contribution in [0.25, 0.3) is 10.9 Å². The molecular formula is C9H6ClNS. The van der Waals surface area contributed by atoms with E-state index in [2.05, 4.69) is 17.6 Å². The minimum absolute atomic E-state index is 0.681. The van der Waals surface area contributed by atoms with Crippen LogP contribution >= 0.6 is 24.2 Å². The quantitative estimate of drug-likeness (QED) is 0.638. The third-order valence-electron chi connectivity index (χ3n) is 1.65. The van der Waals surface area contributed by atoms with E-state index in [1.807, 2.05) is 24.3 Å². The minimum atomic E-state index is 0.681. The SMILES string of the molecule is Sc1cnc2c(Cl)cccc2c1. The lowest BCUT2D eigenvalue weighted by atomic mass is 10.2. The molecule has 0 unspecified atom stereocenters. The summed E-state index contributed by atoms with van der Waals surface area (Å²) < 4.78 is 0. The Hall–Kier alpha value is -0.730. The molecule has 3 heteroatoms. The van der Waals surface area contributed by atoms with E-state index in [0.717, 1.165) is 15.8 Å². The number of para-hydroxylation sites is 1. The van der Waals surface area contributed by atoms with Gasteiger partial charge in [0.25, 0.3) is 0 Å². The highest BCUT2D eigenvalue weighted by molar-refractivity contribution is 7.80. The molecule has 0 aliphatic rings. The van der Waals surface area contributed by atoms with Crippen LogP contribution in [0.4, 0.5) is 0 Å². The van der Waals surface area contributed by atoms with Gasteiger partial charge in [-0.25, -0.2) is 0 Å². The summed E-state index contributed by atoms with van der Waals surface area (Å²) in [5.41, 5.74) is 0.831. The molecule has 0 amide bonds. The molecule has 0 N–H and O–H groups in total. The number of pyridine rings is 1. The molecule has 0 saturated carbocycles. The summed E-state index contributed by atoms with van der Waals surface area (Å²) in [5.74, 6) is 0. The average molecular weight is 196 g/mol. The number of aromatic nitrogens is 1. The monoisotopic (exact) mass is 195 g/mol. The van der Waals surface area contributed by atoms with Crippen molar-refractivity contribution in [2.75, 3.05) is 0 Å². The normalized spacial score (nSPS) is 10.5. The fourth-order valence-corrected chi connectivity index (χ4v) is 1.54. The van der Waals surface area contributed by atoms with Crippen molar-refractivity contribution >= 4 is 35.1 Å². The Morgan fingerprint density at radius 1 is 1.33 bits per heavy atom. The maximum atomic E-state index is 5.92. The molecule has 2 rings (SSSR count). The first-order chi connectivity index (χ1) is 5.77. The third kappa shape index (κ3) is 1.28. The van der Waals surface area contributed by atoms with E-state index >= 15 is 0 Å². The predicted octanol–water partition coefficient (Wildman–Crippen LogP) is 3.18. The van der Waals surface area contributed by atoms with Gasteiger partial charge in [-0.05, 0) is 12.1 Å². The second-order valence-corrected chi connectivity index (χ2v) is 3.43. The number of benzene rings is 1. The van der Waals surface area contributed by atoms with Gasteiger partial charge < -0.3 is 0 Å². The molecule has 1 aromatic carbocycles. The molecule has 1 heterocycles. The van der Waals surface area contributed by atoms with E-state index in [-0.39, 0.29) is 0 Å². The van der Waals surface area contributed by atoms with Crippen LogP contribution in [0.1, 0.15) is 0 Å². The number of thiol groups is 1. The Balaban J connectivity index is 2.86. The molecule has 1 aromatic heterocycles. The topological polar surface area (TPSA) is 12.9 Å².